The number of esters is 1. The van der Waals surface area contributed by atoms with Gasteiger partial charge in [-0.3, -0.25) is 0 Å². The Morgan fingerprint density at radius 1 is 1.62 bits per heavy atom. The lowest BCUT2D eigenvalue weighted by Crippen LogP contribution is -2.30. The fourth-order valence-electron chi connectivity index (χ4n) is 1.69. The zero-order valence-corrected chi connectivity index (χ0v) is 9.45. The lowest BCUT2D eigenvalue weighted by Gasteiger charge is -2.26. The first-order valence-corrected chi connectivity index (χ1v) is 5.36. The van der Waals surface area contributed by atoms with Crippen LogP contribution in [0.15, 0.2) is 18.2 Å². The summed E-state index contributed by atoms with van der Waals surface area (Å²) in [5, 5.41) is 3.33. The number of nitrogens with one attached hydrogen (secondary N) is 1. The molecule has 0 amide bonds. The first-order chi connectivity index (χ1) is 7.74. The molecule has 1 aromatic carbocycles. The van der Waals surface area contributed by atoms with Crippen LogP contribution >= 0.6 is 0 Å². The number of hydrogen-bond acceptors (Lipinski definition) is 4. The Balaban J connectivity index is 2.27. The summed E-state index contributed by atoms with van der Waals surface area (Å²) in [6.07, 6.45) is 0.988. The predicted octanol–water partition coefficient (Wildman–Crippen LogP) is 2.06. The van der Waals surface area contributed by atoms with Crippen LogP contribution in [-0.2, 0) is 4.74 Å². The van der Waals surface area contributed by atoms with Gasteiger partial charge in [0, 0.05) is 0 Å². The molecule has 16 heavy (non-hydrogen) atoms. The molecule has 1 aliphatic rings. The number of anilines is 1. The highest BCUT2D eigenvalue weighted by Gasteiger charge is 2.18. The third-order valence-electron chi connectivity index (χ3n) is 2.69. The molecule has 1 aromatic rings. The van der Waals surface area contributed by atoms with Crippen LogP contribution < -0.4 is 10.1 Å². The molecule has 0 spiro atoms. The van der Waals surface area contributed by atoms with Crippen molar-refractivity contribution < 1.29 is 14.3 Å². The molecule has 0 fully saturated rings. The van der Waals surface area contributed by atoms with Gasteiger partial charge in [-0.15, -0.1) is 0 Å². The smallest absolute Gasteiger partial charge is 0.337 e. The Morgan fingerprint density at radius 3 is 3.12 bits per heavy atom. The summed E-state index contributed by atoms with van der Waals surface area (Å²) in [5.41, 5.74) is 1.40. The van der Waals surface area contributed by atoms with Crippen LogP contribution in [0.2, 0.25) is 0 Å². The van der Waals surface area contributed by atoms with Crippen LogP contribution in [0.25, 0.3) is 0 Å². The molecule has 0 saturated carbocycles. The van der Waals surface area contributed by atoms with E-state index < -0.39 is 0 Å². The first kappa shape index (κ1) is 10.8. The summed E-state index contributed by atoms with van der Waals surface area (Å²) in [7, 11) is 1.38. The molecule has 2 rings (SSSR count). The van der Waals surface area contributed by atoms with Gasteiger partial charge < -0.3 is 14.8 Å². The Bertz CT molecular complexity index is 403. The van der Waals surface area contributed by atoms with Crippen molar-refractivity contribution >= 4 is 11.7 Å². The van der Waals surface area contributed by atoms with Gasteiger partial charge in [-0.25, -0.2) is 4.79 Å². The molecule has 0 bridgehead atoms. The van der Waals surface area contributed by atoms with E-state index in [0.29, 0.717) is 18.2 Å². The van der Waals surface area contributed by atoms with Gasteiger partial charge in [0.25, 0.3) is 0 Å². The highest BCUT2D eigenvalue weighted by atomic mass is 16.5. The quantitative estimate of drug-likeness (QED) is 0.776. The summed E-state index contributed by atoms with van der Waals surface area (Å²) in [4.78, 5) is 11.4. The van der Waals surface area contributed by atoms with Crippen molar-refractivity contribution in [2.45, 2.75) is 19.4 Å². The predicted molar refractivity (Wildman–Crippen MR) is 61.0 cm³/mol. The maximum atomic E-state index is 11.4. The average molecular weight is 221 g/mol. The fraction of sp³-hybridized carbons (Fsp3) is 0.417. The van der Waals surface area contributed by atoms with E-state index in [0.717, 1.165) is 17.9 Å². The maximum absolute atomic E-state index is 11.4. The van der Waals surface area contributed by atoms with Crippen LogP contribution in [0.3, 0.4) is 0 Å². The Labute approximate surface area is 94.6 Å². The number of hydrogen-bond donors (Lipinski definition) is 1. The van der Waals surface area contributed by atoms with Crippen molar-refractivity contribution in [1.82, 2.24) is 0 Å². The van der Waals surface area contributed by atoms with E-state index in [1.807, 2.05) is 0 Å². The van der Waals surface area contributed by atoms with Gasteiger partial charge in [0.15, 0.2) is 0 Å². The van der Waals surface area contributed by atoms with Crippen molar-refractivity contribution in [3.05, 3.63) is 23.8 Å². The number of ether oxygens (including phenoxy) is 2. The van der Waals surface area contributed by atoms with Gasteiger partial charge in [0.05, 0.1) is 24.4 Å². The fourth-order valence-corrected chi connectivity index (χ4v) is 1.69. The molecule has 0 radical (unpaired) electrons. The molecule has 0 aromatic heterocycles. The summed E-state index contributed by atoms with van der Waals surface area (Å²) < 4.78 is 10.3. The van der Waals surface area contributed by atoms with E-state index >= 15 is 0 Å². The maximum Gasteiger partial charge on any atom is 0.337 e. The number of methoxy groups -OCH3 is 1. The lowest BCUT2D eigenvalue weighted by atomic mass is 10.1. The minimum atomic E-state index is -0.330. The van der Waals surface area contributed by atoms with Crippen LogP contribution in [0.4, 0.5) is 5.69 Å². The Hall–Kier alpha value is -1.71. The second-order valence-electron chi connectivity index (χ2n) is 3.76. The molecule has 1 atom stereocenters. The lowest BCUT2D eigenvalue weighted by molar-refractivity contribution is 0.0600. The Kier molecular flexibility index (Phi) is 2.99. The first-order valence-electron chi connectivity index (χ1n) is 5.36. The molecular formula is C12H15NO3. The summed E-state index contributed by atoms with van der Waals surface area (Å²) in [6, 6.07) is 5.57. The van der Waals surface area contributed by atoms with Gasteiger partial charge in [-0.05, 0) is 24.6 Å². The molecule has 1 unspecified atom stereocenters. The summed E-state index contributed by atoms with van der Waals surface area (Å²) >= 11 is 0. The SMILES string of the molecule is CCC1COc2ccc(C(=O)OC)cc2N1. The highest BCUT2D eigenvalue weighted by molar-refractivity contribution is 5.91. The highest BCUT2D eigenvalue weighted by Crippen LogP contribution is 2.30. The van der Waals surface area contributed by atoms with Gasteiger partial charge in [0.2, 0.25) is 0 Å². The molecular weight excluding hydrogens is 206 g/mol. The van der Waals surface area contributed by atoms with E-state index in [1.165, 1.54) is 7.11 Å². The standard InChI is InChI=1S/C12H15NO3/c1-3-9-7-16-11-5-4-8(12(14)15-2)6-10(11)13-9/h4-6,9,13H,3,7H2,1-2H3. The number of rotatable bonds is 2. The molecule has 4 nitrogen and oxygen atoms in total. The van der Waals surface area contributed by atoms with E-state index in [9.17, 15) is 4.79 Å². The third-order valence-corrected chi connectivity index (χ3v) is 2.69. The zero-order valence-electron chi connectivity index (χ0n) is 9.45. The topological polar surface area (TPSA) is 47.6 Å². The molecule has 1 heterocycles. The van der Waals surface area contributed by atoms with Crippen molar-refractivity contribution in [2.24, 2.45) is 0 Å². The minimum Gasteiger partial charge on any atom is -0.489 e. The van der Waals surface area contributed by atoms with Gasteiger partial charge in [0.1, 0.15) is 12.4 Å². The number of fused-ring (bicyclic) bond motifs is 1. The van der Waals surface area contributed by atoms with E-state index in [1.54, 1.807) is 18.2 Å². The average Bonchev–Trinajstić information content (AvgIpc) is 2.36. The van der Waals surface area contributed by atoms with Crippen LogP contribution in [0.1, 0.15) is 23.7 Å². The van der Waals surface area contributed by atoms with Crippen molar-refractivity contribution in [3.63, 3.8) is 0 Å². The van der Waals surface area contributed by atoms with Crippen molar-refractivity contribution in [2.75, 3.05) is 19.0 Å². The Morgan fingerprint density at radius 2 is 2.44 bits per heavy atom. The molecule has 1 N–H and O–H groups in total. The number of carbonyl (C=O) groups excluding carboxylic acids is 1. The van der Waals surface area contributed by atoms with E-state index in [4.69, 9.17) is 4.74 Å². The molecule has 86 valence electrons. The summed E-state index contributed by atoms with van der Waals surface area (Å²) in [6.45, 7) is 2.76. The van der Waals surface area contributed by atoms with Gasteiger partial charge in [-0.2, -0.15) is 0 Å². The summed E-state index contributed by atoms with van der Waals surface area (Å²) in [5.74, 6) is 0.459. The molecule has 0 saturated heterocycles. The molecule has 4 heteroatoms. The van der Waals surface area contributed by atoms with Crippen LogP contribution in [0, 0.1) is 0 Å². The van der Waals surface area contributed by atoms with Crippen LogP contribution in [-0.4, -0.2) is 25.7 Å². The van der Waals surface area contributed by atoms with E-state index in [2.05, 4.69) is 17.0 Å². The third kappa shape index (κ3) is 1.96. The largest absolute Gasteiger partial charge is 0.489 e. The molecule has 0 aliphatic carbocycles. The van der Waals surface area contributed by atoms with E-state index in [-0.39, 0.29) is 5.97 Å². The zero-order chi connectivity index (χ0) is 11.5. The van der Waals surface area contributed by atoms with Gasteiger partial charge in [-0.1, -0.05) is 6.92 Å². The number of benzene rings is 1. The normalized spacial score (nSPS) is 18.0. The van der Waals surface area contributed by atoms with Gasteiger partial charge >= 0.3 is 5.97 Å². The molecule has 1 aliphatic heterocycles. The minimum absolute atomic E-state index is 0.306. The monoisotopic (exact) mass is 221 g/mol. The van der Waals surface area contributed by atoms with Crippen LogP contribution in [0.5, 0.6) is 5.75 Å². The second-order valence-corrected chi connectivity index (χ2v) is 3.76. The van der Waals surface area contributed by atoms with Crippen molar-refractivity contribution in [1.29, 1.82) is 0 Å². The second kappa shape index (κ2) is 4.43. The van der Waals surface area contributed by atoms with Crippen molar-refractivity contribution in [3.8, 4) is 5.75 Å². The number of carbonyl (C=O) groups is 1.